The van der Waals surface area contributed by atoms with Gasteiger partial charge in [0.25, 0.3) is 0 Å². The highest BCUT2D eigenvalue weighted by molar-refractivity contribution is 5.84. The molecular formula is C25H30FNO4. The third-order valence-corrected chi connectivity index (χ3v) is 7.18. The second-order valence-electron chi connectivity index (χ2n) is 8.97. The molecule has 166 valence electrons. The van der Waals surface area contributed by atoms with Crippen molar-refractivity contribution in [3.05, 3.63) is 65.5 Å². The van der Waals surface area contributed by atoms with Gasteiger partial charge in [0.15, 0.2) is 0 Å². The van der Waals surface area contributed by atoms with Crippen molar-refractivity contribution in [2.45, 2.75) is 31.3 Å². The average molecular weight is 428 g/mol. The SMILES string of the molecule is COc1ccccc1C(C)C(=O)N1C[C@@H]2C[C@@H](CO)C[C@@](O)(c3ccccc3F)[C@@H]2C1. The standard InChI is InChI=1S/C25H30FNO4/c1-16(19-7-3-6-10-23(19)31-2)24(29)27-13-18-11-17(15-28)12-25(30,21(18)14-27)20-8-4-5-9-22(20)26/h3-10,16-18,21,28,30H,11-15H2,1-2H3/t16?,17-,18+,21-,25-/m1/s1. The highest BCUT2D eigenvalue weighted by Crippen LogP contribution is 2.51. The number of aliphatic hydroxyl groups is 2. The number of nitrogens with zero attached hydrogens (tertiary/aromatic N) is 1. The first-order chi connectivity index (χ1) is 14.9. The van der Waals surface area contributed by atoms with E-state index in [-0.39, 0.29) is 42.3 Å². The number of hydrogen-bond donors (Lipinski definition) is 2. The number of aliphatic hydroxyl groups excluding tert-OH is 1. The fourth-order valence-corrected chi connectivity index (χ4v) is 5.63. The van der Waals surface area contributed by atoms with Crippen LogP contribution >= 0.6 is 0 Å². The number of amides is 1. The third-order valence-electron chi connectivity index (χ3n) is 7.18. The Hall–Kier alpha value is -2.44. The van der Waals surface area contributed by atoms with Crippen molar-refractivity contribution in [1.29, 1.82) is 0 Å². The zero-order valence-electron chi connectivity index (χ0n) is 18.0. The van der Waals surface area contributed by atoms with Crippen LogP contribution in [0.3, 0.4) is 0 Å². The zero-order chi connectivity index (χ0) is 22.2. The van der Waals surface area contributed by atoms with Crippen LogP contribution in [0.15, 0.2) is 48.5 Å². The lowest BCUT2D eigenvalue weighted by Gasteiger charge is -2.44. The Morgan fingerprint density at radius 2 is 1.94 bits per heavy atom. The van der Waals surface area contributed by atoms with Crippen LogP contribution < -0.4 is 4.74 Å². The van der Waals surface area contributed by atoms with Crippen LogP contribution in [0, 0.1) is 23.6 Å². The molecule has 2 aromatic rings. The Morgan fingerprint density at radius 3 is 2.65 bits per heavy atom. The van der Waals surface area contributed by atoms with E-state index in [1.54, 1.807) is 30.2 Å². The maximum Gasteiger partial charge on any atom is 0.229 e. The summed E-state index contributed by atoms with van der Waals surface area (Å²) in [5.41, 5.74) is -0.331. The number of likely N-dealkylation sites (tertiary alicyclic amines) is 1. The molecule has 1 aliphatic carbocycles. The molecule has 1 saturated carbocycles. The van der Waals surface area contributed by atoms with Crippen LogP contribution in [0.5, 0.6) is 5.75 Å². The highest BCUT2D eigenvalue weighted by atomic mass is 19.1. The summed E-state index contributed by atoms with van der Waals surface area (Å²) < 4.78 is 20.1. The number of carbonyl (C=O) groups excluding carboxylic acids is 1. The molecule has 5 atom stereocenters. The molecule has 1 amide bonds. The summed E-state index contributed by atoms with van der Waals surface area (Å²) >= 11 is 0. The van der Waals surface area contributed by atoms with Crippen LogP contribution in [-0.2, 0) is 10.4 Å². The topological polar surface area (TPSA) is 70.0 Å². The van der Waals surface area contributed by atoms with Crippen LogP contribution in [0.4, 0.5) is 4.39 Å². The van der Waals surface area contributed by atoms with Gasteiger partial charge in [-0.05, 0) is 43.7 Å². The minimum Gasteiger partial charge on any atom is -0.496 e. The van der Waals surface area contributed by atoms with Crippen molar-refractivity contribution in [1.82, 2.24) is 4.90 Å². The number of halogens is 1. The number of methoxy groups -OCH3 is 1. The van der Waals surface area contributed by atoms with Gasteiger partial charge < -0.3 is 19.8 Å². The van der Waals surface area contributed by atoms with Crippen molar-refractivity contribution in [3.63, 3.8) is 0 Å². The molecule has 0 bridgehead atoms. The lowest BCUT2D eigenvalue weighted by atomic mass is 9.64. The summed E-state index contributed by atoms with van der Waals surface area (Å²) in [4.78, 5) is 15.2. The van der Waals surface area contributed by atoms with Gasteiger partial charge in [0.2, 0.25) is 5.91 Å². The fraction of sp³-hybridized carbons (Fsp3) is 0.480. The first-order valence-corrected chi connectivity index (χ1v) is 10.9. The Kier molecular flexibility index (Phi) is 6.04. The summed E-state index contributed by atoms with van der Waals surface area (Å²) in [6, 6.07) is 13.8. The summed E-state index contributed by atoms with van der Waals surface area (Å²) in [6.45, 7) is 2.66. The van der Waals surface area contributed by atoms with Crippen molar-refractivity contribution in [3.8, 4) is 5.75 Å². The first-order valence-electron chi connectivity index (χ1n) is 10.9. The van der Waals surface area contributed by atoms with Crippen LogP contribution in [0.25, 0.3) is 0 Å². The second-order valence-corrected chi connectivity index (χ2v) is 8.97. The van der Waals surface area contributed by atoms with Gasteiger partial charge in [-0.2, -0.15) is 0 Å². The molecule has 0 aromatic heterocycles. The van der Waals surface area contributed by atoms with Crippen LogP contribution in [-0.4, -0.2) is 47.8 Å². The lowest BCUT2D eigenvalue weighted by molar-refractivity contribution is -0.132. The number of carbonyl (C=O) groups is 1. The van der Waals surface area contributed by atoms with E-state index in [9.17, 15) is 19.4 Å². The molecular weight excluding hydrogens is 397 g/mol. The van der Waals surface area contributed by atoms with Crippen molar-refractivity contribution >= 4 is 5.91 Å². The second kappa shape index (κ2) is 8.60. The molecule has 1 heterocycles. The maximum atomic E-state index is 14.7. The molecule has 5 nitrogen and oxygen atoms in total. The van der Waals surface area contributed by atoms with Crippen molar-refractivity contribution < 1.29 is 24.1 Å². The van der Waals surface area contributed by atoms with Gasteiger partial charge >= 0.3 is 0 Å². The molecule has 6 heteroatoms. The molecule has 1 unspecified atom stereocenters. The normalized spacial score (nSPS) is 28.8. The Morgan fingerprint density at radius 1 is 1.23 bits per heavy atom. The number of rotatable bonds is 5. The zero-order valence-corrected chi connectivity index (χ0v) is 18.0. The summed E-state index contributed by atoms with van der Waals surface area (Å²) in [5.74, 6) is -0.614. The Labute approximate surface area is 182 Å². The predicted molar refractivity (Wildman–Crippen MR) is 115 cm³/mol. The Bertz CT molecular complexity index is 951. The van der Waals surface area contributed by atoms with Crippen LogP contribution in [0.2, 0.25) is 0 Å². The molecule has 0 spiro atoms. The van der Waals surface area contributed by atoms with E-state index in [1.165, 1.54) is 6.07 Å². The van der Waals surface area contributed by atoms with E-state index in [2.05, 4.69) is 0 Å². The number of benzene rings is 2. The minimum atomic E-state index is -1.41. The summed E-state index contributed by atoms with van der Waals surface area (Å²) in [7, 11) is 1.59. The van der Waals surface area contributed by atoms with E-state index in [0.717, 1.165) is 5.56 Å². The molecule has 2 aromatic carbocycles. The minimum absolute atomic E-state index is 0.00400. The van der Waals surface area contributed by atoms with Crippen molar-refractivity contribution in [2.75, 3.05) is 26.8 Å². The number of hydrogen-bond acceptors (Lipinski definition) is 4. The van der Waals surface area contributed by atoms with E-state index in [1.807, 2.05) is 31.2 Å². The van der Waals surface area contributed by atoms with Crippen molar-refractivity contribution in [2.24, 2.45) is 17.8 Å². The van der Waals surface area contributed by atoms with Gasteiger partial charge in [0.1, 0.15) is 11.6 Å². The average Bonchev–Trinajstić information content (AvgIpc) is 3.23. The van der Waals surface area contributed by atoms with Crippen LogP contribution in [0.1, 0.15) is 36.8 Å². The molecule has 0 radical (unpaired) electrons. The van der Waals surface area contributed by atoms with E-state index in [4.69, 9.17) is 4.74 Å². The first kappa shape index (κ1) is 21.8. The smallest absolute Gasteiger partial charge is 0.229 e. The van der Waals surface area contributed by atoms with Gasteiger partial charge in [-0.15, -0.1) is 0 Å². The molecule has 2 N–H and O–H groups in total. The van der Waals surface area contributed by atoms with E-state index < -0.39 is 17.3 Å². The Balaban J connectivity index is 1.62. The number of ether oxygens (including phenoxy) is 1. The summed E-state index contributed by atoms with van der Waals surface area (Å²) in [6.07, 6.45) is 1.00. The number of fused-ring (bicyclic) bond motifs is 1. The maximum absolute atomic E-state index is 14.7. The van der Waals surface area contributed by atoms with Gasteiger partial charge in [0.05, 0.1) is 18.6 Å². The van der Waals surface area contributed by atoms with Gasteiger partial charge in [-0.25, -0.2) is 4.39 Å². The molecule has 1 aliphatic heterocycles. The molecule has 4 rings (SSSR count). The van der Waals surface area contributed by atoms with Gasteiger partial charge in [0, 0.05) is 36.7 Å². The third kappa shape index (κ3) is 3.83. The highest BCUT2D eigenvalue weighted by Gasteiger charge is 2.54. The monoisotopic (exact) mass is 427 g/mol. The fourth-order valence-electron chi connectivity index (χ4n) is 5.63. The molecule has 31 heavy (non-hydrogen) atoms. The lowest BCUT2D eigenvalue weighted by Crippen LogP contribution is -2.47. The molecule has 1 saturated heterocycles. The van der Waals surface area contributed by atoms with Gasteiger partial charge in [-0.3, -0.25) is 4.79 Å². The van der Waals surface area contributed by atoms with E-state index >= 15 is 0 Å². The predicted octanol–water partition coefficient (Wildman–Crippen LogP) is 3.30. The van der Waals surface area contributed by atoms with E-state index in [0.29, 0.717) is 25.3 Å². The quantitative estimate of drug-likeness (QED) is 0.768. The summed E-state index contributed by atoms with van der Waals surface area (Å²) in [5, 5.41) is 21.6. The molecule has 2 aliphatic rings. The van der Waals surface area contributed by atoms with Gasteiger partial charge in [-0.1, -0.05) is 36.4 Å². The largest absolute Gasteiger partial charge is 0.496 e. The number of para-hydroxylation sites is 1. The molecule has 2 fully saturated rings.